The van der Waals surface area contributed by atoms with Crippen LogP contribution < -0.4 is 0 Å². The maximum absolute atomic E-state index is 12.1. The van der Waals surface area contributed by atoms with E-state index in [1.165, 1.54) is 0 Å². The van der Waals surface area contributed by atoms with Gasteiger partial charge in [0, 0.05) is 0 Å². The molecule has 0 unspecified atom stereocenters. The third kappa shape index (κ3) is 4.88. The maximum atomic E-state index is 12.1. The lowest BCUT2D eigenvalue weighted by atomic mass is 10.2. The lowest BCUT2D eigenvalue weighted by Gasteiger charge is -2.38. The molecule has 0 aromatic heterocycles. The summed E-state index contributed by atoms with van der Waals surface area (Å²) in [5.74, 6) is 0. The minimum atomic E-state index is -2.03. The van der Waals surface area contributed by atoms with E-state index in [0.29, 0.717) is 0 Å². The largest absolute Gasteiger partial charge is 0.314 e. The summed E-state index contributed by atoms with van der Waals surface area (Å²) in [5, 5.41) is 0.0822. The Morgan fingerprint density at radius 2 is 0.944 bits per heavy atom. The smallest absolute Gasteiger partial charge is 0.283 e. The molecular formula is C12H30O3SSi2. The van der Waals surface area contributed by atoms with E-state index in [-0.39, 0.29) is 10.1 Å². The second-order valence-corrected chi connectivity index (χ2v) is 18.7. The molecular weight excluding hydrogens is 280 g/mol. The standard InChI is InChI=1S/C12H30O3SSi2/c1-11(2,3)17(7,8)14-16(13)15-18(9,10)12(4,5)6/h1-10H3. The van der Waals surface area contributed by atoms with E-state index in [1.807, 2.05) is 0 Å². The van der Waals surface area contributed by atoms with E-state index < -0.39 is 28.0 Å². The molecule has 0 fully saturated rings. The van der Waals surface area contributed by atoms with Crippen LogP contribution in [0, 0.1) is 0 Å². The third-order valence-corrected chi connectivity index (χ3v) is 15.8. The topological polar surface area (TPSA) is 35.5 Å². The highest BCUT2D eigenvalue weighted by Crippen LogP contribution is 2.40. The Bertz CT molecular complexity index is 284. The summed E-state index contributed by atoms with van der Waals surface area (Å²) in [6.07, 6.45) is 0. The summed E-state index contributed by atoms with van der Waals surface area (Å²) < 4.78 is 23.6. The first-order valence-electron chi connectivity index (χ1n) is 6.41. The quantitative estimate of drug-likeness (QED) is 0.711. The van der Waals surface area contributed by atoms with Crippen molar-refractivity contribution in [1.82, 2.24) is 0 Å². The molecule has 18 heavy (non-hydrogen) atoms. The SMILES string of the molecule is CC(C)(C)[Si](C)(C)OS(=O)O[Si](C)(C)C(C)(C)C. The molecule has 0 atom stereocenters. The van der Waals surface area contributed by atoms with Gasteiger partial charge in [0.1, 0.15) is 0 Å². The monoisotopic (exact) mass is 310 g/mol. The molecule has 0 aliphatic rings. The Labute approximate surface area is 118 Å². The van der Waals surface area contributed by atoms with Gasteiger partial charge < -0.3 is 7.74 Å². The van der Waals surface area contributed by atoms with Crippen LogP contribution in [0.25, 0.3) is 0 Å². The molecule has 0 radical (unpaired) electrons. The van der Waals surface area contributed by atoms with Crippen LogP contribution in [0.3, 0.4) is 0 Å². The highest BCUT2D eigenvalue weighted by molar-refractivity contribution is 7.77. The Morgan fingerprint density at radius 1 is 0.722 bits per heavy atom. The van der Waals surface area contributed by atoms with E-state index in [2.05, 4.69) is 67.7 Å². The Balaban J connectivity index is 4.75. The minimum absolute atomic E-state index is 0.0411. The summed E-state index contributed by atoms with van der Waals surface area (Å²) in [7, 11) is -4.06. The fourth-order valence-corrected chi connectivity index (χ4v) is 5.77. The summed E-state index contributed by atoms with van der Waals surface area (Å²) >= 11 is -1.63. The minimum Gasteiger partial charge on any atom is -0.314 e. The fraction of sp³-hybridized carbons (Fsp3) is 1.00. The molecule has 0 saturated carbocycles. The molecule has 0 N–H and O–H groups in total. The summed E-state index contributed by atoms with van der Waals surface area (Å²) in [4.78, 5) is 0. The van der Waals surface area contributed by atoms with Gasteiger partial charge in [-0.25, -0.2) is 0 Å². The Hall–Kier alpha value is 0.504. The van der Waals surface area contributed by atoms with Crippen LogP contribution in [-0.2, 0) is 19.1 Å². The predicted molar refractivity (Wildman–Crippen MR) is 84.7 cm³/mol. The lowest BCUT2D eigenvalue weighted by Crippen LogP contribution is -2.46. The van der Waals surface area contributed by atoms with Crippen molar-refractivity contribution < 1.29 is 12.0 Å². The van der Waals surface area contributed by atoms with Gasteiger partial charge in [-0.1, -0.05) is 41.5 Å². The van der Waals surface area contributed by atoms with Crippen molar-refractivity contribution in [2.24, 2.45) is 0 Å². The molecule has 6 heteroatoms. The van der Waals surface area contributed by atoms with Crippen LogP contribution in [0.15, 0.2) is 0 Å². The molecule has 0 aliphatic carbocycles. The first kappa shape index (κ1) is 18.5. The van der Waals surface area contributed by atoms with Crippen LogP contribution >= 0.6 is 0 Å². The molecule has 0 spiro atoms. The Kier molecular flexibility index (Phi) is 5.63. The summed E-state index contributed by atoms with van der Waals surface area (Å²) in [6, 6.07) is 0. The fourth-order valence-electron chi connectivity index (χ4n) is 0.607. The average molecular weight is 311 g/mol. The van der Waals surface area contributed by atoms with Crippen molar-refractivity contribution in [3.05, 3.63) is 0 Å². The van der Waals surface area contributed by atoms with Gasteiger partial charge >= 0.3 is 0 Å². The molecule has 0 bridgehead atoms. The van der Waals surface area contributed by atoms with Crippen LogP contribution in [0.1, 0.15) is 41.5 Å². The zero-order valence-electron chi connectivity index (χ0n) is 13.6. The Morgan fingerprint density at radius 3 is 1.11 bits per heavy atom. The number of hydrogen-bond acceptors (Lipinski definition) is 3. The molecule has 0 aromatic rings. The average Bonchev–Trinajstić information content (AvgIpc) is 1.95. The molecule has 0 aromatic carbocycles. The molecule has 3 nitrogen and oxygen atoms in total. The molecule has 0 aliphatic heterocycles. The maximum Gasteiger partial charge on any atom is 0.283 e. The molecule has 0 amide bonds. The van der Waals surface area contributed by atoms with Gasteiger partial charge in [0.25, 0.3) is 11.4 Å². The van der Waals surface area contributed by atoms with Gasteiger partial charge in [0.2, 0.25) is 16.6 Å². The molecule has 0 saturated heterocycles. The van der Waals surface area contributed by atoms with Crippen LogP contribution in [0.2, 0.25) is 36.3 Å². The van der Waals surface area contributed by atoms with Crippen molar-refractivity contribution >= 4 is 28.0 Å². The second-order valence-electron chi connectivity index (χ2n) is 7.89. The van der Waals surface area contributed by atoms with E-state index in [0.717, 1.165) is 0 Å². The van der Waals surface area contributed by atoms with Gasteiger partial charge in [-0.2, -0.15) is 4.21 Å². The van der Waals surface area contributed by atoms with E-state index in [1.54, 1.807) is 0 Å². The second kappa shape index (κ2) is 5.48. The molecule has 0 heterocycles. The van der Waals surface area contributed by atoms with Crippen LogP contribution in [0.5, 0.6) is 0 Å². The van der Waals surface area contributed by atoms with E-state index in [4.69, 9.17) is 7.74 Å². The van der Waals surface area contributed by atoms with Gasteiger partial charge in [-0.3, -0.25) is 0 Å². The number of hydrogen-bond donors (Lipinski definition) is 0. The van der Waals surface area contributed by atoms with Crippen molar-refractivity contribution in [2.45, 2.75) is 77.8 Å². The van der Waals surface area contributed by atoms with Gasteiger partial charge in [0.15, 0.2) is 0 Å². The van der Waals surface area contributed by atoms with E-state index >= 15 is 0 Å². The highest BCUT2D eigenvalue weighted by atomic mass is 32.2. The third-order valence-electron chi connectivity index (χ3n) is 4.17. The van der Waals surface area contributed by atoms with Gasteiger partial charge in [-0.15, -0.1) is 0 Å². The zero-order valence-corrected chi connectivity index (χ0v) is 16.4. The molecule has 110 valence electrons. The van der Waals surface area contributed by atoms with Gasteiger partial charge in [0.05, 0.1) is 0 Å². The van der Waals surface area contributed by atoms with Crippen molar-refractivity contribution in [3.8, 4) is 0 Å². The first-order valence-corrected chi connectivity index (χ1v) is 13.2. The van der Waals surface area contributed by atoms with Crippen LogP contribution in [-0.4, -0.2) is 20.8 Å². The normalized spacial score (nSPS) is 15.3. The summed E-state index contributed by atoms with van der Waals surface area (Å²) in [5.41, 5.74) is 0. The number of rotatable bonds is 4. The highest BCUT2D eigenvalue weighted by Gasteiger charge is 2.43. The van der Waals surface area contributed by atoms with Crippen LogP contribution in [0.4, 0.5) is 0 Å². The first-order chi connectivity index (χ1) is 7.60. The lowest BCUT2D eigenvalue weighted by molar-refractivity contribution is 0.420. The van der Waals surface area contributed by atoms with Crippen molar-refractivity contribution in [3.63, 3.8) is 0 Å². The zero-order chi connectivity index (χ0) is 15.0. The van der Waals surface area contributed by atoms with E-state index in [9.17, 15) is 4.21 Å². The molecule has 0 rings (SSSR count). The summed E-state index contributed by atoms with van der Waals surface area (Å²) in [6.45, 7) is 21.1. The van der Waals surface area contributed by atoms with Gasteiger partial charge in [-0.05, 0) is 36.3 Å². The predicted octanol–water partition coefficient (Wildman–Crippen LogP) is 4.61. The van der Waals surface area contributed by atoms with Crippen molar-refractivity contribution in [1.29, 1.82) is 0 Å². The van der Waals surface area contributed by atoms with Crippen molar-refractivity contribution in [2.75, 3.05) is 0 Å².